The molecule has 146 valence electrons. The first kappa shape index (κ1) is 18.5. The van der Waals surface area contributed by atoms with E-state index >= 15 is 0 Å². The maximum Gasteiger partial charge on any atom is 0.243 e. The molecule has 1 aromatic carbocycles. The molecule has 1 saturated heterocycles. The molecule has 0 spiro atoms. The number of sulfonamides is 1. The summed E-state index contributed by atoms with van der Waals surface area (Å²) in [6.07, 6.45) is 5.95. The van der Waals surface area contributed by atoms with Gasteiger partial charge in [0, 0.05) is 37.2 Å². The van der Waals surface area contributed by atoms with E-state index in [-0.39, 0.29) is 6.10 Å². The number of nitrogens with one attached hydrogen (secondary N) is 1. The molecule has 0 bridgehead atoms. The molecule has 1 aliphatic heterocycles. The third-order valence-electron chi connectivity index (χ3n) is 5.29. The zero-order valence-electron chi connectivity index (χ0n) is 15.6. The maximum atomic E-state index is 13.4. The highest BCUT2D eigenvalue weighted by Gasteiger charge is 2.34. The van der Waals surface area contributed by atoms with E-state index in [2.05, 4.69) is 4.98 Å². The molecule has 2 heterocycles. The van der Waals surface area contributed by atoms with Gasteiger partial charge in [0.05, 0.1) is 18.1 Å². The third-order valence-corrected chi connectivity index (χ3v) is 7.11. The van der Waals surface area contributed by atoms with Crippen molar-refractivity contribution in [3.63, 3.8) is 0 Å². The Morgan fingerprint density at radius 3 is 2.70 bits per heavy atom. The molecular formula is C20H26N2O4S. The van der Waals surface area contributed by atoms with Crippen LogP contribution in [0.3, 0.4) is 0 Å². The highest BCUT2D eigenvalue weighted by atomic mass is 32.2. The quantitative estimate of drug-likeness (QED) is 0.751. The second kappa shape index (κ2) is 7.66. The standard InChI is InChI=1S/C20H26N2O4S/c1-25-20-9-8-17(12-18(20)19-5-2-10-21-19)27(23,24)22(13-15-6-7-15)14-16-4-3-11-26-16/h2,5,8-10,12,15-16,21H,3-4,6-7,11,13-14H2,1H3. The van der Waals surface area contributed by atoms with Gasteiger partial charge in [0.2, 0.25) is 10.0 Å². The van der Waals surface area contributed by atoms with Crippen LogP contribution in [0.15, 0.2) is 41.4 Å². The summed E-state index contributed by atoms with van der Waals surface area (Å²) in [5.74, 6) is 1.12. The Labute approximate surface area is 160 Å². The van der Waals surface area contributed by atoms with Crippen molar-refractivity contribution in [1.29, 1.82) is 0 Å². The normalized spacial score (nSPS) is 20.3. The van der Waals surface area contributed by atoms with Crippen molar-refractivity contribution >= 4 is 10.0 Å². The van der Waals surface area contributed by atoms with Crippen molar-refractivity contribution in [3.8, 4) is 17.0 Å². The fourth-order valence-corrected chi connectivity index (χ4v) is 5.15. The van der Waals surface area contributed by atoms with Gasteiger partial charge in [-0.3, -0.25) is 0 Å². The SMILES string of the molecule is COc1ccc(S(=O)(=O)N(CC2CC2)CC2CCCO2)cc1-c1ccc[nH]1. The second-order valence-corrected chi connectivity index (χ2v) is 9.28. The number of aromatic nitrogens is 1. The van der Waals surface area contributed by atoms with Crippen molar-refractivity contribution in [1.82, 2.24) is 9.29 Å². The number of nitrogens with zero attached hydrogens (tertiary/aromatic N) is 1. The van der Waals surface area contributed by atoms with E-state index in [9.17, 15) is 8.42 Å². The summed E-state index contributed by atoms with van der Waals surface area (Å²) in [5, 5.41) is 0. The number of aromatic amines is 1. The smallest absolute Gasteiger partial charge is 0.243 e. The van der Waals surface area contributed by atoms with Crippen LogP contribution < -0.4 is 4.74 Å². The van der Waals surface area contributed by atoms with Crippen molar-refractivity contribution in [2.45, 2.75) is 36.7 Å². The van der Waals surface area contributed by atoms with Crippen LogP contribution in [0.5, 0.6) is 5.75 Å². The van der Waals surface area contributed by atoms with Crippen molar-refractivity contribution in [2.24, 2.45) is 5.92 Å². The lowest BCUT2D eigenvalue weighted by atomic mass is 10.1. The summed E-state index contributed by atoms with van der Waals surface area (Å²) in [4.78, 5) is 3.43. The van der Waals surface area contributed by atoms with Crippen LogP contribution in [0.1, 0.15) is 25.7 Å². The van der Waals surface area contributed by atoms with Gasteiger partial charge < -0.3 is 14.5 Å². The van der Waals surface area contributed by atoms with E-state index < -0.39 is 10.0 Å². The number of H-pyrrole nitrogens is 1. The molecule has 27 heavy (non-hydrogen) atoms. The number of benzene rings is 1. The van der Waals surface area contributed by atoms with Crippen LogP contribution in [0.2, 0.25) is 0 Å². The average Bonchev–Trinajstić information content (AvgIpc) is 3.13. The minimum absolute atomic E-state index is 0.000323. The molecule has 4 rings (SSSR count). The Hall–Kier alpha value is -1.83. The van der Waals surface area contributed by atoms with E-state index in [4.69, 9.17) is 9.47 Å². The summed E-state index contributed by atoms with van der Waals surface area (Å²) in [6.45, 7) is 1.73. The first-order valence-corrected chi connectivity index (χ1v) is 11.0. The fourth-order valence-electron chi connectivity index (χ4n) is 3.58. The Bertz CT molecular complexity index is 869. The van der Waals surface area contributed by atoms with Gasteiger partial charge in [-0.05, 0) is 61.9 Å². The van der Waals surface area contributed by atoms with Crippen LogP contribution in [0, 0.1) is 5.92 Å². The molecule has 1 N–H and O–H groups in total. The van der Waals surface area contributed by atoms with E-state index in [1.54, 1.807) is 29.6 Å². The summed E-state index contributed by atoms with van der Waals surface area (Å²) < 4.78 is 39.6. The van der Waals surface area contributed by atoms with Crippen molar-refractivity contribution < 1.29 is 17.9 Å². The number of rotatable bonds is 8. The Morgan fingerprint density at radius 2 is 2.07 bits per heavy atom. The van der Waals surface area contributed by atoms with Crippen molar-refractivity contribution in [2.75, 3.05) is 26.8 Å². The largest absolute Gasteiger partial charge is 0.496 e. The van der Waals surface area contributed by atoms with Crippen LogP contribution in [-0.2, 0) is 14.8 Å². The van der Waals surface area contributed by atoms with E-state index in [1.165, 1.54) is 0 Å². The Morgan fingerprint density at radius 1 is 1.22 bits per heavy atom. The molecule has 2 aromatic rings. The van der Waals surface area contributed by atoms with E-state index in [1.807, 2.05) is 18.3 Å². The van der Waals surface area contributed by atoms with Gasteiger partial charge in [-0.1, -0.05) is 0 Å². The first-order chi connectivity index (χ1) is 13.1. The third kappa shape index (κ3) is 4.05. The van der Waals surface area contributed by atoms with Gasteiger partial charge in [-0.25, -0.2) is 8.42 Å². The average molecular weight is 391 g/mol. The lowest BCUT2D eigenvalue weighted by Crippen LogP contribution is -2.38. The molecule has 1 unspecified atom stereocenters. The maximum absolute atomic E-state index is 13.4. The molecule has 2 fully saturated rings. The minimum Gasteiger partial charge on any atom is -0.496 e. The van der Waals surface area contributed by atoms with Gasteiger partial charge in [0.15, 0.2) is 0 Å². The van der Waals surface area contributed by atoms with Gasteiger partial charge in [-0.15, -0.1) is 0 Å². The molecule has 1 aliphatic carbocycles. The molecular weight excluding hydrogens is 364 g/mol. The topological polar surface area (TPSA) is 71.6 Å². The minimum atomic E-state index is -3.60. The molecule has 1 saturated carbocycles. The lowest BCUT2D eigenvalue weighted by molar-refractivity contribution is 0.0930. The Kier molecular flexibility index (Phi) is 5.25. The highest BCUT2D eigenvalue weighted by Crippen LogP contribution is 2.35. The molecule has 0 amide bonds. The van der Waals surface area contributed by atoms with E-state index in [0.717, 1.165) is 43.5 Å². The zero-order chi connectivity index (χ0) is 18.9. The van der Waals surface area contributed by atoms with Crippen molar-refractivity contribution in [3.05, 3.63) is 36.5 Å². The van der Waals surface area contributed by atoms with E-state index in [0.29, 0.717) is 29.7 Å². The molecule has 7 heteroatoms. The summed E-state index contributed by atoms with van der Waals surface area (Å²) >= 11 is 0. The number of hydrogen-bond acceptors (Lipinski definition) is 4. The van der Waals surface area contributed by atoms with Crippen LogP contribution >= 0.6 is 0 Å². The second-order valence-electron chi connectivity index (χ2n) is 7.35. The predicted molar refractivity (Wildman–Crippen MR) is 103 cm³/mol. The predicted octanol–water partition coefficient (Wildman–Crippen LogP) is 3.27. The molecule has 2 aliphatic rings. The number of ether oxygens (including phenoxy) is 2. The Balaban J connectivity index is 1.66. The van der Waals surface area contributed by atoms with Crippen LogP contribution in [0.25, 0.3) is 11.3 Å². The highest BCUT2D eigenvalue weighted by molar-refractivity contribution is 7.89. The lowest BCUT2D eigenvalue weighted by Gasteiger charge is -2.25. The monoisotopic (exact) mass is 390 g/mol. The van der Waals surface area contributed by atoms with Gasteiger partial charge in [0.25, 0.3) is 0 Å². The van der Waals surface area contributed by atoms with Gasteiger partial charge >= 0.3 is 0 Å². The number of hydrogen-bond donors (Lipinski definition) is 1. The van der Waals surface area contributed by atoms with Crippen LogP contribution in [0.4, 0.5) is 0 Å². The first-order valence-electron chi connectivity index (χ1n) is 9.51. The molecule has 6 nitrogen and oxygen atoms in total. The molecule has 0 radical (unpaired) electrons. The molecule has 1 aromatic heterocycles. The number of methoxy groups -OCH3 is 1. The van der Waals surface area contributed by atoms with Crippen LogP contribution in [-0.4, -0.2) is 50.6 Å². The summed E-state index contributed by atoms with van der Waals surface area (Å²) in [7, 11) is -2.01. The van der Waals surface area contributed by atoms with Gasteiger partial charge in [-0.2, -0.15) is 4.31 Å². The molecule has 1 atom stereocenters. The summed E-state index contributed by atoms with van der Waals surface area (Å²) in [6, 6.07) is 8.85. The fraction of sp³-hybridized carbons (Fsp3) is 0.500. The van der Waals surface area contributed by atoms with Gasteiger partial charge in [0.1, 0.15) is 5.75 Å². The summed E-state index contributed by atoms with van der Waals surface area (Å²) in [5.41, 5.74) is 1.57. The zero-order valence-corrected chi connectivity index (χ0v) is 16.4.